The SMILES string of the molecule is O=S(=O)(N1CCCC1)N1[C@@H]2CC[C@H](C2)[C@H]1COc1cccc(C(F)(F)F)c1. The van der Waals surface area contributed by atoms with E-state index in [1.165, 1.54) is 16.4 Å². The van der Waals surface area contributed by atoms with Gasteiger partial charge in [0, 0.05) is 19.1 Å². The van der Waals surface area contributed by atoms with Crippen molar-refractivity contribution in [1.29, 1.82) is 0 Å². The van der Waals surface area contributed by atoms with Gasteiger partial charge in [0.25, 0.3) is 10.2 Å². The number of ether oxygens (including phenoxy) is 1. The van der Waals surface area contributed by atoms with E-state index in [2.05, 4.69) is 0 Å². The smallest absolute Gasteiger partial charge is 0.416 e. The van der Waals surface area contributed by atoms with Gasteiger partial charge in [0.2, 0.25) is 0 Å². The molecule has 150 valence electrons. The summed E-state index contributed by atoms with van der Waals surface area (Å²) < 4.78 is 73.5. The molecule has 2 aliphatic heterocycles. The highest BCUT2D eigenvalue weighted by Crippen LogP contribution is 2.45. The van der Waals surface area contributed by atoms with Crippen molar-refractivity contribution >= 4 is 10.2 Å². The van der Waals surface area contributed by atoms with Crippen molar-refractivity contribution in [3.63, 3.8) is 0 Å². The minimum absolute atomic E-state index is 0.0179. The zero-order chi connectivity index (χ0) is 19.2. The second kappa shape index (κ2) is 6.93. The van der Waals surface area contributed by atoms with Gasteiger partial charge in [-0.1, -0.05) is 6.07 Å². The van der Waals surface area contributed by atoms with E-state index in [0.29, 0.717) is 13.1 Å². The zero-order valence-corrected chi connectivity index (χ0v) is 15.7. The summed E-state index contributed by atoms with van der Waals surface area (Å²) in [6, 6.07) is 4.40. The summed E-state index contributed by atoms with van der Waals surface area (Å²) in [5, 5.41) is 0. The molecule has 1 aromatic carbocycles. The minimum Gasteiger partial charge on any atom is -0.492 e. The van der Waals surface area contributed by atoms with Gasteiger partial charge in [-0.05, 0) is 56.2 Å². The molecule has 5 nitrogen and oxygen atoms in total. The fourth-order valence-electron chi connectivity index (χ4n) is 4.62. The number of rotatable bonds is 5. The molecule has 3 aliphatic rings. The Morgan fingerprint density at radius 3 is 2.59 bits per heavy atom. The Hall–Kier alpha value is -1.32. The van der Waals surface area contributed by atoms with Crippen LogP contribution in [0.1, 0.15) is 37.7 Å². The Labute approximate surface area is 157 Å². The Kier molecular flexibility index (Phi) is 4.88. The van der Waals surface area contributed by atoms with E-state index in [4.69, 9.17) is 4.74 Å². The van der Waals surface area contributed by atoms with Crippen LogP contribution in [0.3, 0.4) is 0 Å². The van der Waals surface area contributed by atoms with Gasteiger partial charge in [0.15, 0.2) is 0 Å². The van der Waals surface area contributed by atoms with Crippen LogP contribution in [0.15, 0.2) is 24.3 Å². The summed E-state index contributed by atoms with van der Waals surface area (Å²) in [5.41, 5.74) is -0.769. The molecule has 4 rings (SSSR count). The Morgan fingerprint density at radius 1 is 1.15 bits per heavy atom. The second-order valence-corrected chi connectivity index (χ2v) is 9.41. The highest BCUT2D eigenvalue weighted by atomic mass is 32.2. The van der Waals surface area contributed by atoms with Crippen LogP contribution in [0, 0.1) is 5.92 Å². The first-order chi connectivity index (χ1) is 12.8. The molecule has 0 N–H and O–H groups in total. The number of fused-ring (bicyclic) bond motifs is 2. The summed E-state index contributed by atoms with van der Waals surface area (Å²) >= 11 is 0. The van der Waals surface area contributed by atoms with Crippen LogP contribution in [0.5, 0.6) is 5.75 Å². The van der Waals surface area contributed by atoms with Crippen molar-refractivity contribution in [2.24, 2.45) is 5.92 Å². The van der Waals surface area contributed by atoms with E-state index < -0.39 is 21.9 Å². The first-order valence-corrected chi connectivity index (χ1v) is 10.7. The van der Waals surface area contributed by atoms with Crippen LogP contribution < -0.4 is 4.74 Å². The molecule has 27 heavy (non-hydrogen) atoms. The van der Waals surface area contributed by atoms with Crippen molar-refractivity contribution in [2.75, 3.05) is 19.7 Å². The van der Waals surface area contributed by atoms with Crippen molar-refractivity contribution in [1.82, 2.24) is 8.61 Å². The van der Waals surface area contributed by atoms with Crippen LogP contribution >= 0.6 is 0 Å². The third kappa shape index (κ3) is 3.56. The summed E-state index contributed by atoms with van der Waals surface area (Å²) in [6.07, 6.45) is -0.106. The average molecular weight is 404 g/mol. The number of hydrogen-bond donors (Lipinski definition) is 0. The van der Waals surface area contributed by atoms with Crippen LogP contribution in [0.2, 0.25) is 0 Å². The Balaban J connectivity index is 1.51. The van der Waals surface area contributed by atoms with Gasteiger partial charge in [-0.15, -0.1) is 0 Å². The molecule has 1 aliphatic carbocycles. The summed E-state index contributed by atoms with van der Waals surface area (Å²) in [5.74, 6) is 0.323. The van der Waals surface area contributed by atoms with E-state index in [-0.39, 0.29) is 30.4 Å². The predicted molar refractivity (Wildman–Crippen MR) is 93.4 cm³/mol. The molecule has 2 saturated heterocycles. The first-order valence-electron chi connectivity index (χ1n) is 9.35. The maximum Gasteiger partial charge on any atom is 0.416 e. The van der Waals surface area contributed by atoms with E-state index in [1.807, 2.05) is 0 Å². The highest BCUT2D eigenvalue weighted by Gasteiger charge is 2.53. The number of halogens is 3. The molecule has 1 saturated carbocycles. The maximum absolute atomic E-state index is 13.1. The van der Waals surface area contributed by atoms with Gasteiger partial charge in [0.1, 0.15) is 12.4 Å². The number of benzene rings is 1. The molecule has 0 amide bonds. The number of nitrogens with zero attached hydrogens (tertiary/aromatic N) is 2. The normalized spacial score (nSPS) is 29.5. The zero-order valence-electron chi connectivity index (χ0n) is 14.9. The van der Waals surface area contributed by atoms with Gasteiger partial charge in [-0.25, -0.2) is 0 Å². The van der Waals surface area contributed by atoms with Gasteiger partial charge >= 0.3 is 6.18 Å². The molecule has 2 heterocycles. The molecule has 2 bridgehead atoms. The summed E-state index contributed by atoms with van der Waals surface area (Å²) in [6.45, 7) is 1.16. The minimum atomic E-state index is -4.43. The van der Waals surface area contributed by atoms with Crippen molar-refractivity contribution in [3.8, 4) is 5.75 Å². The van der Waals surface area contributed by atoms with Gasteiger partial charge in [-0.3, -0.25) is 0 Å². The molecule has 3 fully saturated rings. The number of hydrogen-bond acceptors (Lipinski definition) is 3. The number of alkyl halides is 3. The lowest BCUT2D eigenvalue weighted by Crippen LogP contribution is -2.52. The lowest BCUT2D eigenvalue weighted by molar-refractivity contribution is -0.137. The number of piperidine rings is 1. The molecule has 3 atom stereocenters. The molecule has 9 heteroatoms. The van der Waals surface area contributed by atoms with Gasteiger partial charge in [-0.2, -0.15) is 30.2 Å². The van der Waals surface area contributed by atoms with E-state index in [0.717, 1.165) is 44.2 Å². The van der Waals surface area contributed by atoms with Crippen LogP contribution in [-0.2, 0) is 16.4 Å². The summed E-state index contributed by atoms with van der Waals surface area (Å²) in [7, 11) is -3.55. The maximum atomic E-state index is 13.1. The van der Waals surface area contributed by atoms with Gasteiger partial charge < -0.3 is 4.74 Å². The third-order valence-corrected chi connectivity index (χ3v) is 8.04. The third-order valence-electron chi connectivity index (χ3n) is 5.92. The molecule has 0 aromatic heterocycles. The predicted octanol–water partition coefficient (Wildman–Crippen LogP) is 3.28. The molecule has 0 spiro atoms. The van der Waals surface area contributed by atoms with Gasteiger partial charge in [0.05, 0.1) is 11.6 Å². The van der Waals surface area contributed by atoms with Crippen molar-refractivity contribution in [3.05, 3.63) is 29.8 Å². The molecule has 0 unspecified atom stereocenters. The highest BCUT2D eigenvalue weighted by molar-refractivity contribution is 7.86. The van der Waals surface area contributed by atoms with Crippen LogP contribution in [0.25, 0.3) is 0 Å². The largest absolute Gasteiger partial charge is 0.492 e. The topological polar surface area (TPSA) is 49.9 Å². The first kappa shape index (κ1) is 19.0. The monoisotopic (exact) mass is 404 g/mol. The van der Waals surface area contributed by atoms with E-state index >= 15 is 0 Å². The molecule has 0 radical (unpaired) electrons. The van der Waals surface area contributed by atoms with E-state index in [1.54, 1.807) is 4.31 Å². The van der Waals surface area contributed by atoms with E-state index in [9.17, 15) is 21.6 Å². The standard InChI is InChI=1S/C18H23F3N2O3S/c19-18(20,21)14-4-3-5-16(11-14)26-12-17-13-6-7-15(10-13)23(17)27(24,25)22-8-1-2-9-22/h3-5,11,13,15,17H,1-2,6-10,12H2/t13-,15-,17-/m1/s1. The van der Waals surface area contributed by atoms with Crippen LogP contribution in [0.4, 0.5) is 13.2 Å². The molecular formula is C18H23F3N2O3S. The lowest BCUT2D eigenvalue weighted by atomic mass is 10.0. The van der Waals surface area contributed by atoms with Crippen molar-refractivity contribution in [2.45, 2.75) is 50.4 Å². The second-order valence-electron chi connectivity index (χ2n) is 7.57. The quantitative estimate of drug-likeness (QED) is 0.757. The Bertz CT molecular complexity index is 793. The molecular weight excluding hydrogens is 381 g/mol. The lowest BCUT2D eigenvalue weighted by Gasteiger charge is -2.36. The Morgan fingerprint density at radius 2 is 1.89 bits per heavy atom. The average Bonchev–Trinajstić information content (AvgIpc) is 3.35. The molecule has 1 aromatic rings. The fourth-order valence-corrected chi connectivity index (χ4v) is 6.75. The summed E-state index contributed by atoms with van der Waals surface area (Å²) in [4.78, 5) is 0. The fraction of sp³-hybridized carbons (Fsp3) is 0.667. The van der Waals surface area contributed by atoms with Crippen LogP contribution in [-0.4, -0.2) is 48.8 Å². The van der Waals surface area contributed by atoms with Crippen molar-refractivity contribution < 1.29 is 26.3 Å².